The van der Waals surface area contributed by atoms with Crippen molar-refractivity contribution in [1.82, 2.24) is 19.6 Å². The lowest BCUT2D eigenvalue weighted by Crippen LogP contribution is -2.31. The van der Waals surface area contributed by atoms with E-state index in [4.69, 9.17) is 4.74 Å². The Morgan fingerprint density at radius 2 is 2.14 bits per heavy atom. The Bertz CT molecular complexity index is 1040. The molecule has 0 bridgehead atoms. The summed E-state index contributed by atoms with van der Waals surface area (Å²) in [6.07, 6.45) is 0.702. The second kappa shape index (κ2) is 4.23. The fourth-order valence-corrected chi connectivity index (χ4v) is 3.91. The first-order chi connectivity index (χ1) is 10.4. The maximum atomic E-state index is 12.2. The Balaban J connectivity index is 2.19. The Hall–Kier alpha value is -2.06. The molecule has 0 spiro atoms. The number of nitrogens with one attached hydrogen (secondary N) is 1. The number of ether oxygens (including phenoxy) is 1. The fraction of sp³-hybridized carbons (Fsp3) is 0.429. The van der Waals surface area contributed by atoms with E-state index in [1.54, 1.807) is 6.92 Å². The van der Waals surface area contributed by atoms with Crippen LogP contribution in [0.15, 0.2) is 9.59 Å². The molecule has 1 N–H and O–H groups in total. The zero-order chi connectivity index (χ0) is 15.6. The van der Waals surface area contributed by atoms with Crippen LogP contribution in [0.25, 0.3) is 15.9 Å². The summed E-state index contributed by atoms with van der Waals surface area (Å²) in [5.74, 6) is 0. The summed E-state index contributed by atoms with van der Waals surface area (Å²) in [7, 11) is 0. The van der Waals surface area contributed by atoms with Crippen LogP contribution in [0, 0.1) is 6.92 Å². The summed E-state index contributed by atoms with van der Waals surface area (Å²) in [6, 6.07) is 0. The lowest BCUT2D eigenvalue weighted by molar-refractivity contribution is -0.0379. The molecule has 0 saturated heterocycles. The molecule has 3 aromatic heterocycles. The zero-order valence-electron chi connectivity index (χ0n) is 12.4. The lowest BCUT2D eigenvalue weighted by Gasteiger charge is -2.30. The maximum Gasteiger partial charge on any atom is 0.349 e. The molecule has 8 heteroatoms. The van der Waals surface area contributed by atoms with Gasteiger partial charge in [-0.05, 0) is 26.3 Å². The van der Waals surface area contributed by atoms with Crippen molar-refractivity contribution in [3.63, 3.8) is 0 Å². The van der Waals surface area contributed by atoms with Gasteiger partial charge in [0, 0.05) is 11.3 Å². The van der Waals surface area contributed by atoms with Gasteiger partial charge in [-0.25, -0.2) is 4.79 Å². The minimum atomic E-state index is -0.404. The maximum absolute atomic E-state index is 12.2. The first-order valence-electron chi connectivity index (χ1n) is 6.94. The van der Waals surface area contributed by atoms with Crippen LogP contribution in [0.1, 0.15) is 30.0 Å². The van der Waals surface area contributed by atoms with Gasteiger partial charge in [0.2, 0.25) is 0 Å². The third kappa shape index (κ3) is 1.84. The first-order valence-corrected chi connectivity index (χ1v) is 7.75. The highest BCUT2D eigenvalue weighted by molar-refractivity contribution is 7.19. The molecule has 7 nitrogen and oxygen atoms in total. The molecule has 0 fully saturated rings. The van der Waals surface area contributed by atoms with Crippen LogP contribution in [0.3, 0.4) is 0 Å². The third-order valence-electron chi connectivity index (χ3n) is 3.89. The smallest absolute Gasteiger partial charge is 0.349 e. The van der Waals surface area contributed by atoms with Crippen molar-refractivity contribution in [3.8, 4) is 0 Å². The minimum Gasteiger partial charge on any atom is -0.370 e. The molecule has 0 amide bonds. The van der Waals surface area contributed by atoms with Gasteiger partial charge in [-0.2, -0.15) is 14.6 Å². The normalized spacial score (nSPS) is 17.0. The summed E-state index contributed by atoms with van der Waals surface area (Å²) >= 11 is 1.48. The number of hydrogen-bond acceptors (Lipinski definition) is 6. The molecule has 4 heterocycles. The van der Waals surface area contributed by atoms with E-state index in [0.29, 0.717) is 23.5 Å². The standard InChI is InChI=1S/C14H14N4O3S/c1-6-11(19)15-10-9-7-4-14(2,3)21-5-8(7)22-12(9)16-13(20)18(10)17-6/h4-5H2,1-3H3,(H,16,20). The number of H-pyrrole nitrogens is 1. The topological polar surface area (TPSA) is 89.4 Å². The number of fused-ring (bicyclic) bond motifs is 5. The summed E-state index contributed by atoms with van der Waals surface area (Å²) in [6.45, 7) is 6.09. The van der Waals surface area contributed by atoms with E-state index in [1.807, 2.05) is 13.8 Å². The van der Waals surface area contributed by atoms with Gasteiger partial charge in [-0.15, -0.1) is 11.3 Å². The van der Waals surface area contributed by atoms with E-state index >= 15 is 0 Å². The average molecular weight is 318 g/mol. The van der Waals surface area contributed by atoms with Crippen LogP contribution >= 0.6 is 11.3 Å². The van der Waals surface area contributed by atoms with Gasteiger partial charge in [-0.1, -0.05) is 0 Å². The van der Waals surface area contributed by atoms with Crippen LogP contribution in [-0.4, -0.2) is 25.2 Å². The molecule has 0 atom stereocenters. The summed E-state index contributed by atoms with van der Waals surface area (Å²) in [5.41, 5.74) is 0.532. The molecule has 0 radical (unpaired) electrons. The Kier molecular flexibility index (Phi) is 2.62. The highest BCUT2D eigenvalue weighted by Crippen LogP contribution is 2.38. The van der Waals surface area contributed by atoms with Crippen LogP contribution in [0.4, 0.5) is 0 Å². The number of nitrogens with zero attached hydrogens (tertiary/aromatic N) is 3. The Labute approximate surface area is 128 Å². The van der Waals surface area contributed by atoms with Crippen molar-refractivity contribution in [2.75, 3.05) is 0 Å². The number of hydrogen-bond donors (Lipinski definition) is 1. The highest BCUT2D eigenvalue weighted by Gasteiger charge is 2.30. The second-order valence-electron chi connectivity index (χ2n) is 6.10. The Morgan fingerprint density at radius 3 is 2.91 bits per heavy atom. The first kappa shape index (κ1) is 13.6. The van der Waals surface area contributed by atoms with E-state index in [9.17, 15) is 9.59 Å². The lowest BCUT2D eigenvalue weighted by atomic mass is 9.94. The van der Waals surface area contributed by atoms with E-state index < -0.39 is 11.2 Å². The van der Waals surface area contributed by atoms with Crippen LogP contribution < -0.4 is 11.2 Å². The van der Waals surface area contributed by atoms with Crippen molar-refractivity contribution >= 4 is 27.2 Å². The van der Waals surface area contributed by atoms with E-state index in [2.05, 4.69) is 15.1 Å². The monoisotopic (exact) mass is 318 g/mol. The molecular weight excluding hydrogens is 304 g/mol. The van der Waals surface area contributed by atoms with Crippen LogP contribution in [-0.2, 0) is 17.8 Å². The van der Waals surface area contributed by atoms with Gasteiger partial charge in [0.1, 0.15) is 10.5 Å². The number of thiophene rings is 1. The molecule has 1 aliphatic heterocycles. The van der Waals surface area contributed by atoms with Crippen molar-refractivity contribution in [2.24, 2.45) is 0 Å². The quantitative estimate of drug-likeness (QED) is 0.671. The molecule has 0 aliphatic carbocycles. The predicted molar refractivity (Wildman–Crippen MR) is 82.6 cm³/mol. The molecule has 4 rings (SSSR count). The zero-order valence-corrected chi connectivity index (χ0v) is 13.2. The van der Waals surface area contributed by atoms with Gasteiger partial charge < -0.3 is 4.74 Å². The van der Waals surface area contributed by atoms with Gasteiger partial charge in [0.15, 0.2) is 5.65 Å². The van der Waals surface area contributed by atoms with Crippen molar-refractivity contribution in [3.05, 3.63) is 37.0 Å². The molecule has 0 unspecified atom stereocenters. The number of aromatic nitrogens is 4. The highest BCUT2D eigenvalue weighted by atomic mass is 32.1. The molecule has 1 aliphatic rings. The summed E-state index contributed by atoms with van der Waals surface area (Å²) in [4.78, 5) is 32.8. The second-order valence-corrected chi connectivity index (χ2v) is 7.21. The largest absolute Gasteiger partial charge is 0.370 e. The average Bonchev–Trinajstić information content (AvgIpc) is 2.77. The molecule has 0 saturated carbocycles. The SMILES string of the molecule is Cc1nn2c(=O)[nH]c3sc4c(c3c2nc1=O)CC(C)(C)OC4. The predicted octanol–water partition coefficient (Wildman–Crippen LogP) is 1.15. The number of aromatic amines is 1. The van der Waals surface area contributed by atoms with Crippen molar-refractivity contribution in [1.29, 1.82) is 0 Å². The third-order valence-corrected chi connectivity index (χ3v) is 5.01. The van der Waals surface area contributed by atoms with E-state index in [1.165, 1.54) is 15.9 Å². The van der Waals surface area contributed by atoms with E-state index in [-0.39, 0.29) is 11.3 Å². The van der Waals surface area contributed by atoms with Crippen molar-refractivity contribution in [2.45, 2.75) is 39.4 Å². The van der Waals surface area contributed by atoms with Gasteiger partial charge >= 0.3 is 5.69 Å². The number of rotatable bonds is 0. The van der Waals surface area contributed by atoms with Gasteiger partial charge in [0.05, 0.1) is 17.6 Å². The van der Waals surface area contributed by atoms with E-state index in [0.717, 1.165) is 15.8 Å². The molecule has 114 valence electrons. The molecular formula is C14H14N4O3S. The molecule has 0 aromatic carbocycles. The van der Waals surface area contributed by atoms with Crippen LogP contribution in [0.2, 0.25) is 0 Å². The fourth-order valence-electron chi connectivity index (χ4n) is 2.80. The Morgan fingerprint density at radius 1 is 1.36 bits per heavy atom. The van der Waals surface area contributed by atoms with Gasteiger partial charge in [-0.3, -0.25) is 9.78 Å². The molecule has 22 heavy (non-hydrogen) atoms. The van der Waals surface area contributed by atoms with Crippen molar-refractivity contribution < 1.29 is 4.74 Å². The summed E-state index contributed by atoms with van der Waals surface area (Å²) < 4.78 is 7.00. The minimum absolute atomic E-state index is 0.204. The molecule has 3 aromatic rings. The summed E-state index contributed by atoms with van der Waals surface area (Å²) in [5, 5.41) is 4.87. The van der Waals surface area contributed by atoms with Crippen LogP contribution in [0.5, 0.6) is 0 Å². The number of aryl methyl sites for hydroxylation is 1. The van der Waals surface area contributed by atoms with Gasteiger partial charge in [0.25, 0.3) is 5.56 Å².